The van der Waals surface area contributed by atoms with Gasteiger partial charge in [-0.25, -0.2) is 9.78 Å². The van der Waals surface area contributed by atoms with Gasteiger partial charge in [0.1, 0.15) is 0 Å². The maximum atomic E-state index is 11.5. The second kappa shape index (κ2) is 6.80. The van der Waals surface area contributed by atoms with E-state index in [0.717, 1.165) is 18.9 Å². The average molecular weight is 254 g/mol. The quantitative estimate of drug-likeness (QED) is 0.480. The molecule has 1 rings (SSSR count). The van der Waals surface area contributed by atoms with Crippen LogP contribution >= 0.6 is 11.3 Å². The van der Waals surface area contributed by atoms with E-state index in [1.54, 1.807) is 5.38 Å². The van der Waals surface area contributed by atoms with Gasteiger partial charge in [0.25, 0.3) is 0 Å². The summed E-state index contributed by atoms with van der Waals surface area (Å²) in [5.41, 5.74) is 0.213. The molecule has 1 N–H and O–H groups in total. The van der Waals surface area contributed by atoms with E-state index < -0.39 is 5.97 Å². The van der Waals surface area contributed by atoms with Gasteiger partial charge in [-0.2, -0.15) is 0 Å². The van der Waals surface area contributed by atoms with Crippen molar-refractivity contribution in [3.05, 3.63) is 23.7 Å². The van der Waals surface area contributed by atoms with Gasteiger partial charge in [-0.15, -0.1) is 11.3 Å². The first-order valence-corrected chi connectivity index (χ1v) is 6.11. The summed E-state index contributed by atoms with van der Waals surface area (Å²) in [7, 11) is 0. The van der Waals surface area contributed by atoms with Crippen molar-refractivity contribution in [1.29, 1.82) is 0 Å². The maximum absolute atomic E-state index is 11.5. The van der Waals surface area contributed by atoms with Gasteiger partial charge >= 0.3 is 5.97 Å². The van der Waals surface area contributed by atoms with E-state index in [9.17, 15) is 9.59 Å². The lowest BCUT2D eigenvalue weighted by Gasteiger charge is -2.00. The Morgan fingerprint density at radius 1 is 1.65 bits per heavy atom. The molecule has 1 aromatic heterocycles. The third kappa shape index (κ3) is 4.36. The zero-order valence-electron chi connectivity index (χ0n) is 9.56. The minimum Gasteiger partial charge on any atom is -0.461 e. The highest BCUT2D eigenvalue weighted by Crippen LogP contribution is 2.16. The number of rotatable bonds is 6. The maximum Gasteiger partial charge on any atom is 0.357 e. The topological polar surface area (TPSA) is 68.3 Å². The smallest absolute Gasteiger partial charge is 0.357 e. The number of hydrogen-bond acceptors (Lipinski definition) is 5. The van der Waals surface area contributed by atoms with E-state index in [4.69, 9.17) is 4.74 Å². The summed E-state index contributed by atoms with van der Waals surface area (Å²) in [6, 6.07) is 0. The van der Waals surface area contributed by atoms with Crippen LogP contribution in [0.4, 0.5) is 5.13 Å². The van der Waals surface area contributed by atoms with Crippen LogP contribution in [0.15, 0.2) is 18.0 Å². The highest BCUT2D eigenvalue weighted by molar-refractivity contribution is 7.14. The van der Waals surface area contributed by atoms with Crippen LogP contribution in [0.5, 0.6) is 0 Å². The minimum absolute atomic E-state index is 0.213. The Balaban J connectivity index is 2.52. The molecule has 6 heteroatoms. The predicted molar refractivity (Wildman–Crippen MR) is 66.1 cm³/mol. The number of anilines is 1. The Labute approximate surface area is 104 Å². The summed E-state index contributed by atoms with van der Waals surface area (Å²) in [5.74, 6) is -0.820. The molecule has 0 saturated carbocycles. The van der Waals surface area contributed by atoms with Crippen molar-refractivity contribution < 1.29 is 14.3 Å². The summed E-state index contributed by atoms with van der Waals surface area (Å²) in [4.78, 5) is 26.4. The fourth-order valence-corrected chi connectivity index (χ4v) is 1.65. The van der Waals surface area contributed by atoms with E-state index in [2.05, 4.69) is 16.9 Å². The monoisotopic (exact) mass is 254 g/mol. The van der Waals surface area contributed by atoms with Gasteiger partial charge < -0.3 is 4.74 Å². The molecular formula is C11H14N2O3S. The molecule has 17 heavy (non-hydrogen) atoms. The van der Waals surface area contributed by atoms with Gasteiger partial charge in [-0.05, 0) is 12.5 Å². The first kappa shape index (κ1) is 13.4. The Morgan fingerprint density at radius 2 is 2.41 bits per heavy atom. The van der Waals surface area contributed by atoms with Crippen LogP contribution in [0.25, 0.3) is 0 Å². The predicted octanol–water partition coefficient (Wildman–Crippen LogP) is 2.22. The molecule has 0 bridgehead atoms. The number of aromatic nitrogens is 1. The van der Waals surface area contributed by atoms with Crippen molar-refractivity contribution >= 4 is 28.3 Å². The molecule has 1 heterocycles. The molecule has 0 aliphatic carbocycles. The molecule has 92 valence electrons. The number of ether oxygens (including phenoxy) is 1. The Bertz CT molecular complexity index is 415. The molecule has 0 unspecified atom stereocenters. The van der Waals surface area contributed by atoms with Crippen LogP contribution in [0.2, 0.25) is 0 Å². The molecule has 0 saturated heterocycles. The van der Waals surface area contributed by atoms with Gasteiger partial charge in [0, 0.05) is 5.38 Å². The van der Waals surface area contributed by atoms with Gasteiger partial charge in [0.05, 0.1) is 6.61 Å². The fraction of sp³-hybridized carbons (Fsp3) is 0.364. The Morgan fingerprint density at radius 3 is 3.06 bits per heavy atom. The normalized spacial score (nSPS) is 9.71. The van der Waals surface area contributed by atoms with Crippen LogP contribution in [0, 0.1) is 0 Å². The molecule has 0 aliphatic heterocycles. The van der Waals surface area contributed by atoms with E-state index in [0.29, 0.717) is 11.7 Å². The fourth-order valence-electron chi connectivity index (χ4n) is 0.964. The molecule has 0 spiro atoms. The minimum atomic E-state index is -0.464. The number of nitrogens with one attached hydrogen (secondary N) is 1. The lowest BCUT2D eigenvalue weighted by atomic mass is 10.4. The molecule has 0 fully saturated rings. The van der Waals surface area contributed by atoms with Crippen molar-refractivity contribution in [3.8, 4) is 0 Å². The number of esters is 1. The highest BCUT2D eigenvalue weighted by Gasteiger charge is 2.12. The number of carbonyl (C=O) groups excluding carboxylic acids is 2. The molecule has 1 amide bonds. The summed E-state index contributed by atoms with van der Waals surface area (Å²) in [6.07, 6.45) is 2.93. The zero-order chi connectivity index (χ0) is 12.7. The number of unbranched alkanes of at least 4 members (excludes halogenated alkanes) is 1. The number of nitrogens with zero attached hydrogens (tertiary/aromatic N) is 1. The second-order valence-corrected chi connectivity index (χ2v) is 4.08. The van der Waals surface area contributed by atoms with Crippen molar-refractivity contribution in [2.75, 3.05) is 11.9 Å². The van der Waals surface area contributed by atoms with E-state index in [-0.39, 0.29) is 11.6 Å². The van der Waals surface area contributed by atoms with Gasteiger partial charge in [0.2, 0.25) is 5.91 Å². The van der Waals surface area contributed by atoms with Crippen molar-refractivity contribution in [1.82, 2.24) is 4.98 Å². The molecule has 0 aromatic carbocycles. The van der Waals surface area contributed by atoms with Crippen LogP contribution in [-0.4, -0.2) is 23.5 Å². The standard InChI is InChI=1S/C11H14N2O3S/c1-3-5-6-16-10(15)8-7-17-11(12-8)13-9(14)4-2/h4,7H,2-3,5-6H2,1H3,(H,12,13,14). The Kier molecular flexibility index (Phi) is 5.35. The SMILES string of the molecule is C=CC(=O)Nc1nc(C(=O)OCCCC)cs1. The molecule has 0 radical (unpaired) electrons. The van der Waals surface area contributed by atoms with Crippen LogP contribution < -0.4 is 5.32 Å². The van der Waals surface area contributed by atoms with Crippen molar-refractivity contribution in [3.63, 3.8) is 0 Å². The number of thiazole rings is 1. The van der Waals surface area contributed by atoms with E-state index in [1.165, 1.54) is 11.3 Å². The molecule has 1 aromatic rings. The summed E-state index contributed by atoms with van der Waals surface area (Å²) < 4.78 is 4.99. The van der Waals surface area contributed by atoms with Crippen LogP contribution in [-0.2, 0) is 9.53 Å². The van der Waals surface area contributed by atoms with Crippen LogP contribution in [0.1, 0.15) is 30.3 Å². The summed E-state index contributed by atoms with van der Waals surface area (Å²) in [6.45, 7) is 5.73. The molecule has 5 nitrogen and oxygen atoms in total. The number of hydrogen-bond donors (Lipinski definition) is 1. The lowest BCUT2D eigenvalue weighted by Crippen LogP contribution is -2.09. The highest BCUT2D eigenvalue weighted by atomic mass is 32.1. The molecular weight excluding hydrogens is 240 g/mol. The number of carbonyl (C=O) groups is 2. The summed E-state index contributed by atoms with van der Waals surface area (Å²) in [5, 5.41) is 4.38. The van der Waals surface area contributed by atoms with Crippen molar-refractivity contribution in [2.45, 2.75) is 19.8 Å². The van der Waals surface area contributed by atoms with E-state index in [1.807, 2.05) is 6.92 Å². The van der Waals surface area contributed by atoms with Crippen LogP contribution in [0.3, 0.4) is 0 Å². The first-order chi connectivity index (χ1) is 8.17. The lowest BCUT2D eigenvalue weighted by molar-refractivity contribution is -0.111. The largest absolute Gasteiger partial charge is 0.461 e. The van der Waals surface area contributed by atoms with Gasteiger partial charge in [-0.3, -0.25) is 10.1 Å². The first-order valence-electron chi connectivity index (χ1n) is 5.23. The zero-order valence-corrected chi connectivity index (χ0v) is 10.4. The Hall–Kier alpha value is -1.69. The third-order valence-corrected chi connectivity index (χ3v) is 2.62. The van der Waals surface area contributed by atoms with Crippen molar-refractivity contribution in [2.24, 2.45) is 0 Å². The second-order valence-electron chi connectivity index (χ2n) is 3.22. The molecule has 0 atom stereocenters. The molecule has 0 aliphatic rings. The van der Waals surface area contributed by atoms with Gasteiger partial charge in [-0.1, -0.05) is 19.9 Å². The summed E-state index contributed by atoms with van der Waals surface area (Å²) >= 11 is 1.17. The van der Waals surface area contributed by atoms with E-state index >= 15 is 0 Å². The third-order valence-electron chi connectivity index (χ3n) is 1.86. The van der Waals surface area contributed by atoms with Gasteiger partial charge in [0.15, 0.2) is 10.8 Å². The number of amides is 1. The average Bonchev–Trinajstić information content (AvgIpc) is 2.77.